The maximum atomic E-state index is 12.4. The van der Waals surface area contributed by atoms with Gasteiger partial charge in [0.05, 0.1) is 11.7 Å². The number of piperidine rings is 1. The predicted molar refractivity (Wildman–Crippen MR) is 93.5 cm³/mol. The van der Waals surface area contributed by atoms with Crippen LogP contribution in [0.1, 0.15) is 29.6 Å². The third-order valence-electron chi connectivity index (χ3n) is 4.09. The van der Waals surface area contributed by atoms with E-state index in [1.165, 1.54) is 25.6 Å². The Bertz CT molecular complexity index is 874. The number of fused-ring (bicyclic) bond motifs is 1. The van der Waals surface area contributed by atoms with Crippen LogP contribution in [0.15, 0.2) is 30.6 Å². The summed E-state index contributed by atoms with van der Waals surface area (Å²) in [6.45, 7) is 2.00. The van der Waals surface area contributed by atoms with Crippen LogP contribution < -0.4 is 10.2 Å². The van der Waals surface area contributed by atoms with Gasteiger partial charge in [0, 0.05) is 24.7 Å². The second kappa shape index (κ2) is 6.48. The van der Waals surface area contributed by atoms with Gasteiger partial charge in [-0.3, -0.25) is 4.79 Å². The molecule has 0 saturated carbocycles. The fourth-order valence-electron chi connectivity index (χ4n) is 2.82. The maximum absolute atomic E-state index is 12.4. The van der Waals surface area contributed by atoms with E-state index in [9.17, 15) is 4.79 Å². The van der Waals surface area contributed by atoms with E-state index in [2.05, 4.69) is 28.9 Å². The van der Waals surface area contributed by atoms with Gasteiger partial charge < -0.3 is 10.2 Å². The summed E-state index contributed by atoms with van der Waals surface area (Å²) in [7, 11) is 0. The molecule has 122 valence electrons. The Morgan fingerprint density at radius 3 is 2.75 bits per heavy atom. The van der Waals surface area contributed by atoms with Crippen molar-refractivity contribution in [3.8, 4) is 0 Å². The van der Waals surface area contributed by atoms with E-state index in [0.717, 1.165) is 41.7 Å². The van der Waals surface area contributed by atoms with Crippen LogP contribution in [0.2, 0.25) is 0 Å². The van der Waals surface area contributed by atoms with Crippen molar-refractivity contribution in [1.29, 1.82) is 0 Å². The SMILES string of the molecule is O=C(Nc1cc(N2CCCCC2)ncn1)c1ccc2nsnc2c1. The Morgan fingerprint density at radius 1 is 1.04 bits per heavy atom. The van der Waals surface area contributed by atoms with Gasteiger partial charge in [-0.2, -0.15) is 8.75 Å². The molecule has 3 heterocycles. The number of carbonyl (C=O) groups is 1. The quantitative estimate of drug-likeness (QED) is 0.789. The highest BCUT2D eigenvalue weighted by molar-refractivity contribution is 7.00. The molecule has 24 heavy (non-hydrogen) atoms. The standard InChI is InChI=1S/C16H16N6OS/c23-16(11-4-5-12-13(8-11)21-24-20-12)19-14-9-15(18-10-17-14)22-6-2-1-3-7-22/h4-5,8-10H,1-3,6-7H2,(H,17,18,19,23). The summed E-state index contributed by atoms with van der Waals surface area (Å²) >= 11 is 1.14. The van der Waals surface area contributed by atoms with Gasteiger partial charge in [-0.25, -0.2) is 9.97 Å². The van der Waals surface area contributed by atoms with Gasteiger partial charge in [0.15, 0.2) is 0 Å². The largest absolute Gasteiger partial charge is 0.356 e. The van der Waals surface area contributed by atoms with Crippen molar-refractivity contribution < 1.29 is 4.79 Å². The van der Waals surface area contributed by atoms with Crippen molar-refractivity contribution in [3.05, 3.63) is 36.2 Å². The topological polar surface area (TPSA) is 83.9 Å². The first-order valence-electron chi connectivity index (χ1n) is 7.90. The number of hydrogen-bond donors (Lipinski definition) is 1. The van der Waals surface area contributed by atoms with Crippen LogP contribution in [0.4, 0.5) is 11.6 Å². The summed E-state index contributed by atoms with van der Waals surface area (Å²) < 4.78 is 8.30. The number of anilines is 2. The molecular weight excluding hydrogens is 324 g/mol. The van der Waals surface area contributed by atoms with Gasteiger partial charge in [0.25, 0.3) is 5.91 Å². The molecule has 0 atom stereocenters. The fraction of sp³-hybridized carbons (Fsp3) is 0.312. The molecule has 1 N–H and O–H groups in total. The predicted octanol–water partition coefficient (Wildman–Crippen LogP) is 2.72. The van der Waals surface area contributed by atoms with Gasteiger partial charge in [-0.05, 0) is 37.5 Å². The molecule has 1 aliphatic heterocycles. The van der Waals surface area contributed by atoms with Crippen molar-refractivity contribution >= 4 is 40.3 Å². The number of nitrogens with one attached hydrogen (secondary N) is 1. The first kappa shape index (κ1) is 14.9. The first-order chi connectivity index (χ1) is 11.8. The van der Waals surface area contributed by atoms with E-state index in [0.29, 0.717) is 11.4 Å². The van der Waals surface area contributed by atoms with E-state index in [1.807, 2.05) is 6.07 Å². The maximum Gasteiger partial charge on any atom is 0.256 e. The number of amides is 1. The monoisotopic (exact) mass is 340 g/mol. The molecule has 0 unspecified atom stereocenters. The Hall–Kier alpha value is -2.61. The number of rotatable bonds is 3. The van der Waals surface area contributed by atoms with E-state index < -0.39 is 0 Å². The van der Waals surface area contributed by atoms with Gasteiger partial charge in [0.2, 0.25) is 0 Å². The lowest BCUT2D eigenvalue weighted by Gasteiger charge is -2.27. The molecule has 2 aromatic heterocycles. The van der Waals surface area contributed by atoms with E-state index >= 15 is 0 Å². The average Bonchev–Trinajstić information content (AvgIpc) is 3.10. The molecule has 1 aromatic carbocycles. The fourth-order valence-corrected chi connectivity index (χ4v) is 3.34. The summed E-state index contributed by atoms with van der Waals surface area (Å²) in [4.78, 5) is 23.1. The van der Waals surface area contributed by atoms with Crippen LogP contribution >= 0.6 is 11.7 Å². The second-order valence-corrected chi connectivity index (χ2v) is 6.26. The molecule has 8 heteroatoms. The molecule has 1 amide bonds. The Kier molecular flexibility index (Phi) is 4.04. The smallest absolute Gasteiger partial charge is 0.256 e. The zero-order valence-corrected chi connectivity index (χ0v) is 13.8. The lowest BCUT2D eigenvalue weighted by atomic mass is 10.1. The summed E-state index contributed by atoms with van der Waals surface area (Å²) in [5, 5.41) is 2.83. The molecule has 1 saturated heterocycles. The Labute approximate surface area is 143 Å². The van der Waals surface area contributed by atoms with Crippen LogP contribution in [0.5, 0.6) is 0 Å². The Balaban J connectivity index is 1.52. The highest BCUT2D eigenvalue weighted by atomic mass is 32.1. The van der Waals surface area contributed by atoms with Gasteiger partial charge >= 0.3 is 0 Å². The number of nitrogens with zero attached hydrogens (tertiary/aromatic N) is 5. The summed E-state index contributed by atoms with van der Waals surface area (Å²) in [6.07, 6.45) is 5.10. The van der Waals surface area contributed by atoms with Crippen molar-refractivity contribution in [1.82, 2.24) is 18.7 Å². The first-order valence-corrected chi connectivity index (χ1v) is 8.63. The number of aromatic nitrogens is 4. The number of carbonyl (C=O) groups excluding carboxylic acids is 1. The van der Waals surface area contributed by atoms with E-state index in [4.69, 9.17) is 0 Å². The zero-order chi connectivity index (χ0) is 16.4. The van der Waals surface area contributed by atoms with Crippen molar-refractivity contribution in [2.75, 3.05) is 23.3 Å². The zero-order valence-electron chi connectivity index (χ0n) is 13.0. The molecule has 4 rings (SSSR count). The second-order valence-electron chi connectivity index (χ2n) is 5.73. The van der Waals surface area contributed by atoms with Gasteiger partial charge in [0.1, 0.15) is 29.0 Å². The molecular formula is C16H16N6OS. The van der Waals surface area contributed by atoms with Crippen LogP contribution in [0.25, 0.3) is 11.0 Å². The molecule has 0 aliphatic carbocycles. The highest BCUT2D eigenvalue weighted by Gasteiger charge is 2.14. The molecule has 0 radical (unpaired) electrons. The van der Waals surface area contributed by atoms with E-state index in [1.54, 1.807) is 18.2 Å². The number of benzene rings is 1. The van der Waals surface area contributed by atoms with Crippen LogP contribution in [-0.4, -0.2) is 37.7 Å². The van der Waals surface area contributed by atoms with E-state index in [-0.39, 0.29) is 5.91 Å². The Morgan fingerprint density at radius 2 is 1.88 bits per heavy atom. The minimum Gasteiger partial charge on any atom is -0.356 e. The van der Waals surface area contributed by atoms with Crippen molar-refractivity contribution in [3.63, 3.8) is 0 Å². The molecule has 7 nitrogen and oxygen atoms in total. The van der Waals surface area contributed by atoms with Crippen molar-refractivity contribution in [2.24, 2.45) is 0 Å². The number of hydrogen-bond acceptors (Lipinski definition) is 7. The van der Waals surface area contributed by atoms with Crippen LogP contribution in [-0.2, 0) is 0 Å². The third-order valence-corrected chi connectivity index (χ3v) is 4.65. The van der Waals surface area contributed by atoms with Gasteiger partial charge in [-0.1, -0.05) is 0 Å². The minimum absolute atomic E-state index is 0.215. The molecule has 1 aliphatic rings. The molecule has 1 fully saturated rings. The summed E-state index contributed by atoms with van der Waals surface area (Å²) in [5.74, 6) is 1.15. The lowest BCUT2D eigenvalue weighted by Crippen LogP contribution is -2.30. The molecule has 0 spiro atoms. The third kappa shape index (κ3) is 3.05. The lowest BCUT2D eigenvalue weighted by molar-refractivity contribution is 0.102. The minimum atomic E-state index is -0.215. The molecule has 3 aromatic rings. The normalized spacial score (nSPS) is 14.8. The van der Waals surface area contributed by atoms with Crippen LogP contribution in [0, 0.1) is 0 Å². The van der Waals surface area contributed by atoms with Crippen molar-refractivity contribution in [2.45, 2.75) is 19.3 Å². The average molecular weight is 340 g/mol. The van der Waals surface area contributed by atoms with Crippen LogP contribution in [0.3, 0.4) is 0 Å². The highest BCUT2D eigenvalue weighted by Crippen LogP contribution is 2.20. The summed E-state index contributed by atoms with van der Waals surface area (Å²) in [6, 6.07) is 7.10. The molecule has 0 bridgehead atoms. The van der Waals surface area contributed by atoms with Gasteiger partial charge in [-0.15, -0.1) is 0 Å². The summed E-state index contributed by atoms with van der Waals surface area (Å²) in [5.41, 5.74) is 2.06.